The maximum atomic E-state index is 13.8. The smallest absolute Gasteiger partial charge is 0.244 e. The number of nitrogens with one attached hydrogen (secondary N) is 1. The number of hydrogen-bond donors (Lipinski definition) is 1. The molecule has 1 aliphatic heterocycles. The molecule has 2 aromatic rings. The molecule has 0 spiro atoms. The molecule has 1 N–H and O–H groups in total. The number of rotatable bonds is 6. The number of fused-ring (bicyclic) bond motifs is 1. The van der Waals surface area contributed by atoms with E-state index >= 15 is 0 Å². The quantitative estimate of drug-likeness (QED) is 0.670. The SMILES string of the molecule is CC(C)(C)c1ccc(S(=O)(=O)N2C3CCCCC3C[C@H]2C(=O)NCCc2ccccc2)cc1. The van der Waals surface area contributed by atoms with Gasteiger partial charge in [0.2, 0.25) is 15.9 Å². The highest BCUT2D eigenvalue weighted by atomic mass is 32.2. The summed E-state index contributed by atoms with van der Waals surface area (Å²) in [7, 11) is -3.77. The van der Waals surface area contributed by atoms with Crippen molar-refractivity contribution in [1.82, 2.24) is 9.62 Å². The average Bonchev–Trinajstić information content (AvgIpc) is 3.20. The maximum absolute atomic E-state index is 13.8. The van der Waals surface area contributed by atoms with E-state index in [1.54, 1.807) is 16.4 Å². The summed E-state index contributed by atoms with van der Waals surface area (Å²) >= 11 is 0. The summed E-state index contributed by atoms with van der Waals surface area (Å²) in [5.74, 6) is 0.0856. The summed E-state index contributed by atoms with van der Waals surface area (Å²) in [6.07, 6.45) is 5.29. The van der Waals surface area contributed by atoms with Gasteiger partial charge < -0.3 is 5.32 Å². The highest BCUT2D eigenvalue weighted by Crippen LogP contribution is 2.43. The molecule has 2 unspecified atom stereocenters. The fourth-order valence-corrected chi connectivity index (χ4v) is 7.20. The van der Waals surface area contributed by atoms with Crippen LogP contribution in [0.3, 0.4) is 0 Å². The van der Waals surface area contributed by atoms with Gasteiger partial charge in [0.1, 0.15) is 6.04 Å². The number of amides is 1. The van der Waals surface area contributed by atoms with Crippen molar-refractivity contribution in [3.05, 3.63) is 65.7 Å². The summed E-state index contributed by atoms with van der Waals surface area (Å²) in [5, 5.41) is 3.02. The first kappa shape index (κ1) is 24.0. The van der Waals surface area contributed by atoms with Gasteiger partial charge in [0.05, 0.1) is 4.90 Å². The molecule has 4 rings (SSSR count). The van der Waals surface area contributed by atoms with Gasteiger partial charge in [-0.3, -0.25) is 4.79 Å². The lowest BCUT2D eigenvalue weighted by Gasteiger charge is -2.32. The number of hydrogen-bond acceptors (Lipinski definition) is 3. The van der Waals surface area contributed by atoms with Crippen LogP contribution in [0.1, 0.15) is 64.0 Å². The molecule has 5 nitrogen and oxygen atoms in total. The van der Waals surface area contributed by atoms with Gasteiger partial charge in [-0.2, -0.15) is 4.31 Å². The largest absolute Gasteiger partial charge is 0.354 e. The minimum absolute atomic E-state index is 0.0500. The minimum Gasteiger partial charge on any atom is -0.354 e. The first-order valence-electron chi connectivity index (χ1n) is 12.1. The van der Waals surface area contributed by atoms with Gasteiger partial charge in [-0.1, -0.05) is 76.1 Å². The van der Waals surface area contributed by atoms with E-state index in [9.17, 15) is 13.2 Å². The van der Waals surface area contributed by atoms with Gasteiger partial charge in [-0.05, 0) is 60.3 Å². The first-order valence-corrected chi connectivity index (χ1v) is 13.6. The van der Waals surface area contributed by atoms with E-state index in [0.717, 1.165) is 43.2 Å². The van der Waals surface area contributed by atoms with E-state index in [0.29, 0.717) is 13.0 Å². The van der Waals surface area contributed by atoms with Crippen LogP contribution in [0.4, 0.5) is 0 Å². The summed E-state index contributed by atoms with van der Waals surface area (Å²) in [6, 6.07) is 16.5. The molecule has 0 aromatic heterocycles. The molecule has 1 amide bonds. The van der Waals surface area contributed by atoms with Crippen LogP contribution in [0.5, 0.6) is 0 Å². The van der Waals surface area contributed by atoms with E-state index in [2.05, 4.69) is 26.1 Å². The van der Waals surface area contributed by atoms with E-state index in [1.165, 1.54) is 0 Å². The van der Waals surface area contributed by atoms with Crippen molar-refractivity contribution in [2.24, 2.45) is 5.92 Å². The lowest BCUT2D eigenvalue weighted by atomic mass is 9.85. The average molecular weight is 469 g/mol. The summed E-state index contributed by atoms with van der Waals surface area (Å²) < 4.78 is 29.2. The molecule has 1 saturated heterocycles. The highest BCUT2D eigenvalue weighted by molar-refractivity contribution is 7.89. The predicted molar refractivity (Wildman–Crippen MR) is 131 cm³/mol. The predicted octanol–water partition coefficient (Wildman–Crippen LogP) is 4.66. The fraction of sp³-hybridized carbons (Fsp3) is 0.519. The molecule has 2 aromatic carbocycles. The molecule has 0 radical (unpaired) electrons. The topological polar surface area (TPSA) is 66.5 Å². The number of nitrogens with zero attached hydrogens (tertiary/aromatic N) is 1. The second-order valence-corrected chi connectivity index (χ2v) is 12.3. The van der Waals surface area contributed by atoms with Crippen molar-refractivity contribution < 1.29 is 13.2 Å². The van der Waals surface area contributed by atoms with Crippen molar-refractivity contribution in [2.75, 3.05) is 6.54 Å². The third kappa shape index (κ3) is 5.17. The third-order valence-electron chi connectivity index (χ3n) is 7.18. The fourth-order valence-electron chi connectivity index (χ4n) is 5.33. The molecule has 6 heteroatoms. The second kappa shape index (κ2) is 9.59. The third-order valence-corrected chi connectivity index (χ3v) is 9.13. The Kier molecular flexibility index (Phi) is 6.96. The standard InChI is InChI=1S/C27H36N2O3S/c1-27(2,3)22-13-15-23(16-14-22)33(31,32)29-24-12-8-7-11-21(24)19-25(29)26(30)28-18-17-20-9-5-4-6-10-20/h4-6,9-10,13-16,21,24-25H,7-8,11-12,17-19H2,1-3H3,(H,28,30)/t21?,24?,25-/m0/s1. The monoisotopic (exact) mass is 468 g/mol. The van der Waals surface area contributed by atoms with Crippen LogP contribution in [0, 0.1) is 5.92 Å². The molecule has 2 fully saturated rings. The minimum atomic E-state index is -3.77. The number of carbonyl (C=O) groups is 1. The molecule has 1 saturated carbocycles. The van der Waals surface area contributed by atoms with E-state index in [4.69, 9.17) is 0 Å². The molecular weight excluding hydrogens is 432 g/mol. The van der Waals surface area contributed by atoms with Gasteiger partial charge in [-0.15, -0.1) is 0 Å². The Morgan fingerprint density at radius 1 is 1.00 bits per heavy atom. The molecule has 1 heterocycles. The Bertz CT molecular complexity index is 1060. The van der Waals surface area contributed by atoms with Crippen LogP contribution in [0.25, 0.3) is 0 Å². The summed E-state index contributed by atoms with van der Waals surface area (Å²) in [5.41, 5.74) is 2.20. The molecule has 0 bridgehead atoms. The molecule has 33 heavy (non-hydrogen) atoms. The zero-order valence-corrected chi connectivity index (χ0v) is 20.8. The van der Waals surface area contributed by atoms with Crippen LogP contribution in [-0.4, -0.2) is 37.3 Å². The summed E-state index contributed by atoms with van der Waals surface area (Å²) in [6.45, 7) is 6.83. The van der Waals surface area contributed by atoms with E-state index < -0.39 is 16.1 Å². The summed E-state index contributed by atoms with van der Waals surface area (Å²) in [4.78, 5) is 13.5. The Morgan fingerprint density at radius 2 is 1.67 bits per heavy atom. The number of sulfonamides is 1. The Morgan fingerprint density at radius 3 is 2.33 bits per heavy atom. The second-order valence-electron chi connectivity index (χ2n) is 10.5. The normalized spacial score (nSPS) is 23.8. The number of benzene rings is 2. The van der Waals surface area contributed by atoms with Crippen molar-refractivity contribution in [1.29, 1.82) is 0 Å². The molecule has 178 valence electrons. The number of carbonyl (C=O) groups excluding carboxylic acids is 1. The van der Waals surface area contributed by atoms with Gasteiger partial charge >= 0.3 is 0 Å². The molecule has 2 aliphatic rings. The lowest BCUT2D eigenvalue weighted by Crippen LogP contribution is -2.49. The van der Waals surface area contributed by atoms with Crippen molar-refractivity contribution in [2.45, 2.75) is 81.7 Å². The molecule has 1 aliphatic carbocycles. The van der Waals surface area contributed by atoms with Crippen LogP contribution in [-0.2, 0) is 26.7 Å². The van der Waals surface area contributed by atoms with Crippen molar-refractivity contribution >= 4 is 15.9 Å². The first-order chi connectivity index (χ1) is 15.7. The van der Waals surface area contributed by atoms with Gasteiger partial charge in [-0.25, -0.2) is 8.42 Å². The highest BCUT2D eigenvalue weighted by Gasteiger charge is 2.50. The maximum Gasteiger partial charge on any atom is 0.244 e. The molecule has 3 atom stereocenters. The zero-order valence-electron chi connectivity index (χ0n) is 20.0. The van der Waals surface area contributed by atoms with E-state index in [1.807, 2.05) is 42.5 Å². The van der Waals surface area contributed by atoms with Crippen molar-refractivity contribution in [3.63, 3.8) is 0 Å². The Labute approximate surface area is 198 Å². The van der Waals surface area contributed by atoms with Crippen LogP contribution >= 0.6 is 0 Å². The van der Waals surface area contributed by atoms with Gasteiger partial charge in [0.25, 0.3) is 0 Å². The van der Waals surface area contributed by atoms with Gasteiger partial charge in [0.15, 0.2) is 0 Å². The zero-order chi connectivity index (χ0) is 23.6. The van der Waals surface area contributed by atoms with Crippen LogP contribution < -0.4 is 5.32 Å². The molecular formula is C27H36N2O3S. The van der Waals surface area contributed by atoms with Gasteiger partial charge in [0, 0.05) is 12.6 Å². The van der Waals surface area contributed by atoms with Crippen LogP contribution in [0.2, 0.25) is 0 Å². The Balaban J connectivity index is 1.55. The Hall–Kier alpha value is -2.18. The van der Waals surface area contributed by atoms with E-state index in [-0.39, 0.29) is 28.2 Å². The van der Waals surface area contributed by atoms with Crippen molar-refractivity contribution in [3.8, 4) is 0 Å². The van der Waals surface area contributed by atoms with Crippen LogP contribution in [0.15, 0.2) is 59.5 Å². The lowest BCUT2D eigenvalue weighted by molar-refractivity contribution is -0.124.